The number of hydrogen-bond acceptors (Lipinski definition) is 2. The predicted octanol–water partition coefficient (Wildman–Crippen LogP) is 2.73. The quantitative estimate of drug-likeness (QED) is 0.927. The molecule has 0 aliphatic carbocycles. The number of carbonyl (C=O) groups excluding carboxylic acids is 1. The number of nitrogens with zero attached hydrogens (tertiary/aromatic N) is 1. The van der Waals surface area contributed by atoms with Gasteiger partial charge in [-0.1, -0.05) is 25.1 Å². The number of aryl methyl sites for hydroxylation is 1. The van der Waals surface area contributed by atoms with Crippen LogP contribution in [0.1, 0.15) is 38.7 Å². The monoisotopic (exact) mass is 292 g/mol. The first-order valence-electron chi connectivity index (χ1n) is 7.78. The summed E-state index contributed by atoms with van der Waals surface area (Å²) in [4.78, 5) is 14.5. The molecule has 3 atom stereocenters. The van der Waals surface area contributed by atoms with Crippen molar-refractivity contribution in [3.05, 3.63) is 35.6 Å². The van der Waals surface area contributed by atoms with Crippen LogP contribution >= 0.6 is 0 Å². The number of amides is 1. The smallest absolute Gasteiger partial charge is 0.225 e. The minimum absolute atomic E-state index is 0.0821. The van der Waals surface area contributed by atoms with Gasteiger partial charge in [0.25, 0.3) is 0 Å². The maximum atomic E-state index is 13.6. The lowest BCUT2D eigenvalue weighted by molar-refractivity contribution is -0.138. The van der Waals surface area contributed by atoms with Crippen molar-refractivity contribution in [2.45, 2.75) is 51.6 Å². The van der Waals surface area contributed by atoms with E-state index in [1.54, 1.807) is 12.1 Å². The summed E-state index contributed by atoms with van der Waals surface area (Å²) in [6, 6.07) is 7.19. The van der Waals surface area contributed by atoms with E-state index in [1.165, 1.54) is 6.07 Å². The van der Waals surface area contributed by atoms with E-state index >= 15 is 0 Å². The summed E-state index contributed by atoms with van der Waals surface area (Å²) in [6.45, 7) is 4.73. The second-order valence-corrected chi connectivity index (χ2v) is 6.20. The Labute approximate surface area is 126 Å². The van der Waals surface area contributed by atoms with Gasteiger partial charge in [0.2, 0.25) is 5.91 Å². The van der Waals surface area contributed by atoms with Crippen LogP contribution in [0.5, 0.6) is 0 Å². The number of hydrogen-bond donors (Lipinski definition) is 1. The van der Waals surface area contributed by atoms with Gasteiger partial charge in [-0.2, -0.15) is 0 Å². The molecule has 2 N–H and O–H groups in total. The summed E-state index contributed by atoms with van der Waals surface area (Å²) in [5.74, 6) is -0.0958. The molecular formula is C17H25FN2O. The van der Waals surface area contributed by atoms with Gasteiger partial charge in [0.15, 0.2) is 0 Å². The van der Waals surface area contributed by atoms with Crippen LogP contribution in [0, 0.1) is 11.7 Å². The molecule has 1 aromatic rings. The maximum absolute atomic E-state index is 13.6. The van der Waals surface area contributed by atoms with Crippen molar-refractivity contribution in [2.24, 2.45) is 11.7 Å². The number of nitrogens with two attached hydrogens (primary N) is 1. The lowest BCUT2D eigenvalue weighted by Crippen LogP contribution is -2.49. The molecule has 4 heteroatoms. The van der Waals surface area contributed by atoms with Crippen LogP contribution in [0.2, 0.25) is 0 Å². The summed E-state index contributed by atoms with van der Waals surface area (Å²) in [7, 11) is 0. The van der Waals surface area contributed by atoms with Crippen molar-refractivity contribution in [3.8, 4) is 0 Å². The van der Waals surface area contributed by atoms with Gasteiger partial charge in [0, 0.05) is 24.5 Å². The van der Waals surface area contributed by atoms with Crippen LogP contribution in [-0.2, 0) is 11.2 Å². The van der Waals surface area contributed by atoms with Crippen LogP contribution in [0.25, 0.3) is 0 Å². The van der Waals surface area contributed by atoms with Gasteiger partial charge < -0.3 is 10.6 Å². The van der Waals surface area contributed by atoms with E-state index in [-0.39, 0.29) is 29.7 Å². The van der Waals surface area contributed by atoms with E-state index in [4.69, 9.17) is 5.73 Å². The molecule has 0 radical (unpaired) electrons. The third-order valence-electron chi connectivity index (χ3n) is 4.43. The van der Waals surface area contributed by atoms with Crippen molar-refractivity contribution in [1.29, 1.82) is 0 Å². The first kappa shape index (κ1) is 16.0. The fourth-order valence-corrected chi connectivity index (χ4v) is 3.02. The van der Waals surface area contributed by atoms with Gasteiger partial charge in [-0.15, -0.1) is 0 Å². The molecule has 3 nitrogen and oxygen atoms in total. The molecule has 0 unspecified atom stereocenters. The molecule has 1 aliphatic heterocycles. The highest BCUT2D eigenvalue weighted by Gasteiger charge is 2.29. The van der Waals surface area contributed by atoms with Gasteiger partial charge in [-0.25, -0.2) is 4.39 Å². The van der Waals surface area contributed by atoms with Gasteiger partial charge in [0.05, 0.1) is 0 Å². The first-order chi connectivity index (χ1) is 9.99. The Morgan fingerprint density at radius 2 is 2.19 bits per heavy atom. The van der Waals surface area contributed by atoms with Gasteiger partial charge in [-0.3, -0.25) is 4.79 Å². The number of carbonyl (C=O) groups is 1. The van der Waals surface area contributed by atoms with Crippen molar-refractivity contribution in [2.75, 3.05) is 6.54 Å². The molecule has 2 rings (SSSR count). The molecule has 116 valence electrons. The van der Waals surface area contributed by atoms with Crippen LogP contribution in [0.3, 0.4) is 0 Å². The molecule has 21 heavy (non-hydrogen) atoms. The molecule has 1 aromatic carbocycles. The van der Waals surface area contributed by atoms with E-state index in [0.717, 1.165) is 19.4 Å². The largest absolute Gasteiger partial charge is 0.340 e. The minimum Gasteiger partial charge on any atom is -0.340 e. The Morgan fingerprint density at radius 3 is 2.86 bits per heavy atom. The fraction of sp³-hybridized carbons (Fsp3) is 0.588. The summed E-state index contributed by atoms with van der Waals surface area (Å²) in [5.41, 5.74) is 6.62. The zero-order valence-electron chi connectivity index (χ0n) is 12.9. The van der Waals surface area contributed by atoms with E-state index < -0.39 is 0 Å². The molecule has 0 aromatic heterocycles. The van der Waals surface area contributed by atoms with Crippen LogP contribution < -0.4 is 5.73 Å². The van der Waals surface area contributed by atoms with Crippen LogP contribution in [0.4, 0.5) is 4.39 Å². The molecular weight excluding hydrogens is 267 g/mol. The average Bonchev–Trinajstić information content (AvgIpc) is 2.45. The highest BCUT2D eigenvalue weighted by molar-refractivity contribution is 5.79. The van der Waals surface area contributed by atoms with Gasteiger partial charge >= 0.3 is 0 Å². The first-order valence-corrected chi connectivity index (χ1v) is 7.78. The third-order valence-corrected chi connectivity index (χ3v) is 4.43. The highest BCUT2D eigenvalue weighted by atomic mass is 19.1. The topological polar surface area (TPSA) is 46.3 Å². The van der Waals surface area contributed by atoms with Gasteiger partial charge in [-0.05, 0) is 44.2 Å². The van der Waals surface area contributed by atoms with Crippen molar-refractivity contribution in [1.82, 2.24) is 4.90 Å². The van der Waals surface area contributed by atoms with E-state index in [9.17, 15) is 9.18 Å². The van der Waals surface area contributed by atoms with Crippen molar-refractivity contribution < 1.29 is 9.18 Å². The molecule has 1 heterocycles. The third kappa shape index (κ3) is 4.03. The SMILES string of the molecule is C[C@H](CCc1ccccc1F)C(=O)N1CC[C@@H](N)C[C@@H]1C. The number of halogens is 1. The highest BCUT2D eigenvalue weighted by Crippen LogP contribution is 2.21. The lowest BCUT2D eigenvalue weighted by atomic mass is 9.94. The summed E-state index contributed by atoms with van der Waals surface area (Å²) < 4.78 is 13.6. The summed E-state index contributed by atoms with van der Waals surface area (Å²) in [6.07, 6.45) is 3.01. The average molecular weight is 292 g/mol. The molecule has 0 saturated carbocycles. The number of rotatable bonds is 4. The number of benzene rings is 1. The summed E-state index contributed by atoms with van der Waals surface area (Å²) >= 11 is 0. The van der Waals surface area contributed by atoms with E-state index in [0.29, 0.717) is 18.4 Å². The van der Waals surface area contributed by atoms with Crippen molar-refractivity contribution >= 4 is 5.91 Å². The molecule has 0 spiro atoms. The fourth-order valence-electron chi connectivity index (χ4n) is 3.02. The second kappa shape index (κ2) is 7.03. The van der Waals surface area contributed by atoms with Gasteiger partial charge in [0.1, 0.15) is 5.82 Å². The van der Waals surface area contributed by atoms with Crippen LogP contribution in [-0.4, -0.2) is 29.4 Å². The maximum Gasteiger partial charge on any atom is 0.225 e. The predicted molar refractivity (Wildman–Crippen MR) is 82.3 cm³/mol. The molecule has 1 saturated heterocycles. The molecule has 1 fully saturated rings. The zero-order chi connectivity index (χ0) is 15.4. The zero-order valence-corrected chi connectivity index (χ0v) is 12.9. The summed E-state index contributed by atoms with van der Waals surface area (Å²) in [5, 5.41) is 0. The Balaban J connectivity index is 1.89. The second-order valence-electron chi connectivity index (χ2n) is 6.20. The van der Waals surface area contributed by atoms with Crippen molar-refractivity contribution in [3.63, 3.8) is 0 Å². The Hall–Kier alpha value is -1.42. The minimum atomic E-state index is -0.186. The molecule has 1 aliphatic rings. The lowest BCUT2D eigenvalue weighted by Gasteiger charge is -2.38. The number of piperidine rings is 1. The Kier molecular flexibility index (Phi) is 5.34. The van der Waals surface area contributed by atoms with E-state index in [2.05, 4.69) is 6.92 Å². The normalized spacial score (nSPS) is 23.9. The van der Waals surface area contributed by atoms with Crippen LogP contribution in [0.15, 0.2) is 24.3 Å². The number of likely N-dealkylation sites (tertiary alicyclic amines) is 1. The molecule has 1 amide bonds. The van der Waals surface area contributed by atoms with E-state index in [1.807, 2.05) is 17.9 Å². The Morgan fingerprint density at radius 1 is 1.48 bits per heavy atom. The Bertz CT molecular complexity index is 491. The molecule has 0 bridgehead atoms. The standard InChI is InChI=1S/C17H25FN2O/c1-12(7-8-14-5-3-4-6-16(14)18)17(21)20-10-9-15(19)11-13(20)2/h3-6,12-13,15H,7-11,19H2,1-2H3/t12-,13+,15-/m1/s1.